The monoisotopic (exact) mass is 322 g/mol. The molecule has 122 valence electrons. The van der Waals surface area contributed by atoms with E-state index in [4.69, 9.17) is 0 Å². The molecule has 0 N–H and O–H groups in total. The largest absolute Gasteiger partial charge is 0.416 e. The summed E-state index contributed by atoms with van der Waals surface area (Å²) in [7, 11) is 2.07. The molecule has 1 aliphatic heterocycles. The van der Waals surface area contributed by atoms with Crippen molar-refractivity contribution in [3.63, 3.8) is 0 Å². The van der Waals surface area contributed by atoms with Crippen LogP contribution in [0, 0.1) is 0 Å². The molecule has 3 rings (SSSR count). The van der Waals surface area contributed by atoms with Gasteiger partial charge in [0.15, 0.2) is 0 Å². The molecule has 2 heterocycles. The van der Waals surface area contributed by atoms with Gasteiger partial charge in [-0.05, 0) is 25.2 Å². The third-order valence-corrected chi connectivity index (χ3v) is 3.94. The summed E-state index contributed by atoms with van der Waals surface area (Å²) in [4.78, 5) is 13.1. The van der Waals surface area contributed by atoms with Crippen LogP contribution in [0.4, 0.5) is 19.1 Å². The van der Waals surface area contributed by atoms with Crippen molar-refractivity contribution in [1.29, 1.82) is 0 Å². The molecule has 1 aromatic carbocycles. The van der Waals surface area contributed by atoms with Crippen molar-refractivity contribution in [2.24, 2.45) is 0 Å². The maximum absolute atomic E-state index is 12.6. The molecule has 0 radical (unpaired) electrons. The zero-order valence-electron chi connectivity index (χ0n) is 12.7. The molecule has 0 atom stereocenters. The van der Waals surface area contributed by atoms with E-state index in [1.165, 1.54) is 12.1 Å². The summed E-state index contributed by atoms with van der Waals surface area (Å²) in [5.74, 6) is 0.621. The second-order valence-electron chi connectivity index (χ2n) is 5.61. The van der Waals surface area contributed by atoms with E-state index < -0.39 is 11.7 Å². The van der Waals surface area contributed by atoms with Crippen LogP contribution in [0.1, 0.15) is 5.56 Å². The van der Waals surface area contributed by atoms with E-state index in [1.807, 2.05) is 0 Å². The number of rotatable bonds is 2. The van der Waals surface area contributed by atoms with Gasteiger partial charge in [0, 0.05) is 37.9 Å². The Kier molecular flexibility index (Phi) is 4.21. The lowest BCUT2D eigenvalue weighted by Gasteiger charge is -2.32. The van der Waals surface area contributed by atoms with Gasteiger partial charge in [0.05, 0.1) is 11.3 Å². The first-order chi connectivity index (χ1) is 10.9. The van der Waals surface area contributed by atoms with E-state index in [0.717, 1.165) is 38.3 Å². The molecule has 0 spiro atoms. The summed E-state index contributed by atoms with van der Waals surface area (Å²) in [6.07, 6.45) is -2.68. The number of benzene rings is 1. The van der Waals surface area contributed by atoms with Crippen LogP contribution >= 0.6 is 0 Å². The molecule has 4 nitrogen and oxygen atoms in total. The number of hydrogen-bond acceptors (Lipinski definition) is 4. The Bertz CT molecular complexity index is 662. The molecule has 1 saturated heterocycles. The molecule has 23 heavy (non-hydrogen) atoms. The summed E-state index contributed by atoms with van der Waals surface area (Å²) in [6.45, 7) is 3.56. The number of anilines is 1. The Balaban J connectivity index is 1.82. The Morgan fingerprint density at radius 2 is 1.61 bits per heavy atom. The highest BCUT2D eigenvalue weighted by Crippen LogP contribution is 2.30. The third-order valence-electron chi connectivity index (χ3n) is 3.94. The Morgan fingerprint density at radius 1 is 0.957 bits per heavy atom. The maximum Gasteiger partial charge on any atom is 0.416 e. The molecule has 1 aliphatic rings. The number of alkyl halides is 3. The van der Waals surface area contributed by atoms with Crippen LogP contribution in [0.2, 0.25) is 0 Å². The molecule has 0 aliphatic carbocycles. The van der Waals surface area contributed by atoms with Crippen molar-refractivity contribution in [3.05, 3.63) is 42.1 Å². The molecule has 0 unspecified atom stereocenters. The van der Waals surface area contributed by atoms with Gasteiger partial charge in [0.2, 0.25) is 5.95 Å². The van der Waals surface area contributed by atoms with Gasteiger partial charge >= 0.3 is 6.18 Å². The predicted octanol–water partition coefficient (Wildman–Crippen LogP) is 2.91. The lowest BCUT2D eigenvalue weighted by molar-refractivity contribution is -0.137. The molecule has 0 bridgehead atoms. The van der Waals surface area contributed by atoms with Crippen molar-refractivity contribution in [2.45, 2.75) is 6.18 Å². The summed E-state index contributed by atoms with van der Waals surface area (Å²) >= 11 is 0. The smallest absolute Gasteiger partial charge is 0.338 e. The van der Waals surface area contributed by atoms with Crippen molar-refractivity contribution in [3.8, 4) is 11.3 Å². The van der Waals surface area contributed by atoms with Gasteiger partial charge in [-0.1, -0.05) is 12.1 Å². The minimum atomic E-state index is -4.32. The summed E-state index contributed by atoms with van der Waals surface area (Å²) in [5, 5.41) is 0. The SMILES string of the molecule is CN1CCN(c2nccc(-c3ccc(C(F)(F)F)cc3)n2)CC1. The Hall–Kier alpha value is -2.15. The molecule has 0 amide bonds. The number of halogens is 3. The van der Waals surface area contributed by atoms with Gasteiger partial charge in [-0.15, -0.1) is 0 Å². The Labute approximate surface area is 132 Å². The van der Waals surface area contributed by atoms with E-state index in [1.54, 1.807) is 12.3 Å². The van der Waals surface area contributed by atoms with E-state index >= 15 is 0 Å². The van der Waals surface area contributed by atoms with E-state index in [0.29, 0.717) is 17.2 Å². The van der Waals surface area contributed by atoms with Crippen LogP contribution in [-0.4, -0.2) is 48.1 Å². The molecular weight excluding hydrogens is 305 g/mol. The highest BCUT2D eigenvalue weighted by molar-refractivity contribution is 5.60. The minimum absolute atomic E-state index is 0.621. The minimum Gasteiger partial charge on any atom is -0.338 e. The van der Waals surface area contributed by atoms with Gasteiger partial charge in [-0.25, -0.2) is 9.97 Å². The average Bonchev–Trinajstić information content (AvgIpc) is 2.55. The fraction of sp³-hybridized carbons (Fsp3) is 0.375. The second-order valence-corrected chi connectivity index (χ2v) is 5.61. The lowest BCUT2D eigenvalue weighted by atomic mass is 10.1. The first-order valence-corrected chi connectivity index (χ1v) is 7.38. The topological polar surface area (TPSA) is 32.3 Å². The standard InChI is InChI=1S/C16H17F3N4/c1-22-8-10-23(11-9-22)15-20-7-6-14(21-15)12-2-4-13(5-3-12)16(17,18)19/h2-7H,8-11H2,1H3. The summed E-state index contributed by atoms with van der Waals surface area (Å²) < 4.78 is 37.9. The molecule has 2 aromatic rings. The first kappa shape index (κ1) is 15.7. The molecule has 1 fully saturated rings. The van der Waals surface area contributed by atoms with E-state index in [-0.39, 0.29) is 0 Å². The Morgan fingerprint density at radius 3 is 2.22 bits per heavy atom. The third kappa shape index (κ3) is 3.61. The molecule has 0 saturated carbocycles. The number of nitrogens with zero attached hydrogens (tertiary/aromatic N) is 4. The van der Waals surface area contributed by atoms with Crippen LogP contribution in [0.3, 0.4) is 0 Å². The maximum atomic E-state index is 12.6. The van der Waals surface area contributed by atoms with Crippen molar-refractivity contribution >= 4 is 5.95 Å². The number of aromatic nitrogens is 2. The second kappa shape index (κ2) is 6.16. The summed E-state index contributed by atoms with van der Waals surface area (Å²) in [6, 6.07) is 6.75. The fourth-order valence-corrected chi connectivity index (χ4v) is 2.50. The number of piperazine rings is 1. The predicted molar refractivity (Wildman–Crippen MR) is 82.2 cm³/mol. The number of hydrogen-bond donors (Lipinski definition) is 0. The number of likely N-dealkylation sites (N-methyl/N-ethyl adjacent to an activating group) is 1. The van der Waals surface area contributed by atoms with Crippen molar-refractivity contribution in [1.82, 2.24) is 14.9 Å². The quantitative estimate of drug-likeness (QED) is 0.851. The van der Waals surface area contributed by atoms with Gasteiger partial charge in [0.25, 0.3) is 0 Å². The lowest BCUT2D eigenvalue weighted by Crippen LogP contribution is -2.45. The van der Waals surface area contributed by atoms with Crippen LogP contribution in [0.15, 0.2) is 36.5 Å². The van der Waals surface area contributed by atoms with Gasteiger partial charge in [0.1, 0.15) is 0 Å². The molecule has 7 heteroatoms. The van der Waals surface area contributed by atoms with Crippen molar-refractivity contribution < 1.29 is 13.2 Å². The van der Waals surface area contributed by atoms with Gasteiger partial charge in [-0.3, -0.25) is 0 Å². The van der Waals surface area contributed by atoms with Crippen LogP contribution in [0.25, 0.3) is 11.3 Å². The van der Waals surface area contributed by atoms with Crippen LogP contribution < -0.4 is 4.90 Å². The zero-order chi connectivity index (χ0) is 16.4. The fourth-order valence-electron chi connectivity index (χ4n) is 2.50. The van der Waals surface area contributed by atoms with Gasteiger partial charge < -0.3 is 9.80 Å². The van der Waals surface area contributed by atoms with Gasteiger partial charge in [-0.2, -0.15) is 13.2 Å². The molecule has 1 aromatic heterocycles. The van der Waals surface area contributed by atoms with Crippen LogP contribution in [-0.2, 0) is 6.18 Å². The normalized spacial score (nSPS) is 16.6. The van der Waals surface area contributed by atoms with E-state index in [9.17, 15) is 13.2 Å². The highest BCUT2D eigenvalue weighted by atomic mass is 19.4. The summed E-state index contributed by atoms with van der Waals surface area (Å²) in [5.41, 5.74) is 0.619. The molecular formula is C16H17F3N4. The average molecular weight is 322 g/mol. The highest BCUT2D eigenvalue weighted by Gasteiger charge is 2.30. The van der Waals surface area contributed by atoms with E-state index in [2.05, 4.69) is 26.8 Å². The first-order valence-electron chi connectivity index (χ1n) is 7.38. The zero-order valence-corrected chi connectivity index (χ0v) is 12.7. The van der Waals surface area contributed by atoms with Crippen molar-refractivity contribution in [2.75, 3.05) is 38.1 Å². The van der Waals surface area contributed by atoms with Crippen LogP contribution in [0.5, 0.6) is 0 Å².